The van der Waals surface area contributed by atoms with Crippen LogP contribution in [-0.2, 0) is 6.42 Å². The first-order valence-corrected chi connectivity index (χ1v) is 7.29. The Kier molecular flexibility index (Phi) is 5.12. The van der Waals surface area contributed by atoms with Crippen molar-refractivity contribution in [1.82, 2.24) is 0 Å². The maximum atomic E-state index is 12.0. The van der Waals surface area contributed by atoms with Crippen molar-refractivity contribution in [2.24, 2.45) is 5.92 Å². The summed E-state index contributed by atoms with van der Waals surface area (Å²) in [4.78, 5) is 0. The van der Waals surface area contributed by atoms with Crippen molar-refractivity contribution in [2.75, 3.05) is 0 Å². The van der Waals surface area contributed by atoms with Gasteiger partial charge in [0.15, 0.2) is 0 Å². The molecule has 1 fully saturated rings. The van der Waals surface area contributed by atoms with Crippen LogP contribution in [0.5, 0.6) is 0 Å². The Morgan fingerprint density at radius 3 is 2.26 bits per heavy atom. The lowest BCUT2D eigenvalue weighted by Crippen LogP contribution is -2.12. The summed E-state index contributed by atoms with van der Waals surface area (Å²) in [6, 6.07) is 8.22. The van der Waals surface area contributed by atoms with Gasteiger partial charge in [0.2, 0.25) is 0 Å². The van der Waals surface area contributed by atoms with Crippen LogP contribution in [0.15, 0.2) is 36.4 Å². The molecule has 0 N–H and O–H groups in total. The largest absolute Gasteiger partial charge is 0.266 e. The van der Waals surface area contributed by atoms with E-state index in [1.54, 1.807) is 0 Å². The van der Waals surface area contributed by atoms with Gasteiger partial charge in [0, 0.05) is 0 Å². The van der Waals surface area contributed by atoms with E-state index in [0.29, 0.717) is 12.3 Å². The molecule has 0 spiro atoms. The molecule has 2 rings (SSSR count). The van der Waals surface area contributed by atoms with Gasteiger partial charge >= 0.3 is 0 Å². The van der Waals surface area contributed by atoms with E-state index >= 15 is 0 Å². The molecule has 1 saturated carbocycles. The fourth-order valence-electron chi connectivity index (χ4n) is 3.02. The smallest absolute Gasteiger partial charge is 0.174 e. The van der Waals surface area contributed by atoms with Crippen molar-refractivity contribution in [2.45, 2.75) is 51.4 Å². The molecule has 0 aliphatic heterocycles. The SMILES string of the molecule is CCC1CCC(c2ccc(CC=C(F)F)cc2)CC1. The minimum atomic E-state index is -1.60. The van der Waals surface area contributed by atoms with E-state index < -0.39 is 6.08 Å². The zero-order valence-electron chi connectivity index (χ0n) is 11.5. The van der Waals surface area contributed by atoms with Crippen molar-refractivity contribution in [1.29, 1.82) is 0 Å². The zero-order valence-corrected chi connectivity index (χ0v) is 11.5. The number of allylic oxidation sites excluding steroid dienone is 1. The molecule has 0 amide bonds. The molecule has 1 aromatic rings. The number of benzene rings is 1. The average Bonchev–Trinajstić information content (AvgIpc) is 2.46. The first-order chi connectivity index (χ1) is 9.19. The fourth-order valence-corrected chi connectivity index (χ4v) is 3.02. The van der Waals surface area contributed by atoms with Gasteiger partial charge in [-0.1, -0.05) is 37.6 Å². The Balaban J connectivity index is 1.93. The Bertz CT molecular complexity index is 407. The van der Waals surface area contributed by atoms with E-state index in [0.717, 1.165) is 17.6 Å². The van der Waals surface area contributed by atoms with Gasteiger partial charge in [0.25, 0.3) is 6.08 Å². The molecule has 1 aliphatic rings. The summed E-state index contributed by atoms with van der Waals surface area (Å²) >= 11 is 0. The summed E-state index contributed by atoms with van der Waals surface area (Å²) in [5.41, 5.74) is 2.33. The Hall–Kier alpha value is -1.18. The van der Waals surface area contributed by atoms with Crippen LogP contribution in [0.4, 0.5) is 8.78 Å². The molecule has 19 heavy (non-hydrogen) atoms. The van der Waals surface area contributed by atoms with E-state index in [1.807, 2.05) is 12.1 Å². The highest BCUT2D eigenvalue weighted by atomic mass is 19.3. The fraction of sp³-hybridized carbons (Fsp3) is 0.529. The Labute approximate surface area is 114 Å². The molecule has 104 valence electrons. The predicted molar refractivity (Wildman–Crippen MR) is 75.4 cm³/mol. The summed E-state index contributed by atoms with van der Waals surface area (Å²) in [7, 11) is 0. The van der Waals surface area contributed by atoms with Crippen LogP contribution in [0.2, 0.25) is 0 Å². The summed E-state index contributed by atoms with van der Waals surface area (Å²) in [5, 5.41) is 0. The van der Waals surface area contributed by atoms with Gasteiger partial charge in [0.1, 0.15) is 0 Å². The highest BCUT2D eigenvalue weighted by Crippen LogP contribution is 2.36. The van der Waals surface area contributed by atoms with Gasteiger partial charge in [-0.3, -0.25) is 0 Å². The first kappa shape index (κ1) is 14.2. The van der Waals surface area contributed by atoms with Crippen LogP contribution in [0.3, 0.4) is 0 Å². The monoisotopic (exact) mass is 264 g/mol. The third kappa shape index (κ3) is 4.15. The van der Waals surface area contributed by atoms with Gasteiger partial charge in [-0.25, -0.2) is 0 Å². The topological polar surface area (TPSA) is 0 Å². The lowest BCUT2D eigenvalue weighted by atomic mass is 9.78. The van der Waals surface area contributed by atoms with E-state index in [2.05, 4.69) is 19.1 Å². The van der Waals surface area contributed by atoms with Crippen LogP contribution in [0.25, 0.3) is 0 Å². The van der Waals surface area contributed by atoms with Gasteiger partial charge in [-0.05, 0) is 61.1 Å². The second-order valence-corrected chi connectivity index (χ2v) is 5.57. The lowest BCUT2D eigenvalue weighted by molar-refractivity contribution is 0.319. The molecule has 0 bridgehead atoms. The van der Waals surface area contributed by atoms with Crippen LogP contribution < -0.4 is 0 Å². The van der Waals surface area contributed by atoms with E-state index in [9.17, 15) is 8.78 Å². The number of rotatable bonds is 4. The van der Waals surface area contributed by atoms with Crippen LogP contribution in [-0.4, -0.2) is 0 Å². The van der Waals surface area contributed by atoms with Crippen LogP contribution in [0, 0.1) is 5.92 Å². The molecular formula is C17H22F2. The summed E-state index contributed by atoms with van der Waals surface area (Å²) in [6.07, 6.45) is 6.21. The second kappa shape index (κ2) is 6.83. The quantitative estimate of drug-likeness (QED) is 0.655. The summed E-state index contributed by atoms with van der Waals surface area (Å²) in [5.74, 6) is 1.58. The lowest BCUT2D eigenvalue weighted by Gasteiger charge is -2.28. The molecule has 1 aromatic carbocycles. The van der Waals surface area contributed by atoms with Crippen LogP contribution >= 0.6 is 0 Å². The third-order valence-corrected chi connectivity index (χ3v) is 4.37. The van der Waals surface area contributed by atoms with E-state index in [-0.39, 0.29) is 0 Å². The number of hydrogen-bond donors (Lipinski definition) is 0. The Morgan fingerprint density at radius 2 is 1.74 bits per heavy atom. The zero-order chi connectivity index (χ0) is 13.7. The van der Waals surface area contributed by atoms with Crippen molar-refractivity contribution in [3.63, 3.8) is 0 Å². The van der Waals surface area contributed by atoms with Crippen molar-refractivity contribution in [3.8, 4) is 0 Å². The van der Waals surface area contributed by atoms with Crippen molar-refractivity contribution < 1.29 is 8.78 Å². The highest BCUT2D eigenvalue weighted by Gasteiger charge is 2.20. The molecule has 0 heterocycles. The van der Waals surface area contributed by atoms with E-state index in [4.69, 9.17) is 0 Å². The van der Waals surface area contributed by atoms with Crippen molar-refractivity contribution in [3.05, 3.63) is 47.5 Å². The molecule has 0 atom stereocenters. The minimum absolute atomic E-state index is 0.325. The first-order valence-electron chi connectivity index (χ1n) is 7.29. The normalized spacial score (nSPS) is 23.1. The molecule has 0 aromatic heterocycles. The summed E-state index contributed by atoms with van der Waals surface area (Å²) in [6.45, 7) is 2.28. The van der Waals surface area contributed by atoms with Crippen molar-refractivity contribution >= 4 is 0 Å². The van der Waals surface area contributed by atoms with E-state index in [1.165, 1.54) is 37.7 Å². The molecule has 0 nitrogen and oxygen atoms in total. The highest BCUT2D eigenvalue weighted by molar-refractivity contribution is 5.27. The maximum Gasteiger partial charge on any atom is 0.266 e. The molecule has 0 radical (unpaired) electrons. The van der Waals surface area contributed by atoms with Gasteiger partial charge in [0.05, 0.1) is 0 Å². The summed E-state index contributed by atoms with van der Waals surface area (Å²) < 4.78 is 24.0. The van der Waals surface area contributed by atoms with Crippen LogP contribution in [0.1, 0.15) is 56.1 Å². The molecular weight excluding hydrogens is 242 g/mol. The third-order valence-electron chi connectivity index (χ3n) is 4.37. The second-order valence-electron chi connectivity index (χ2n) is 5.57. The Morgan fingerprint density at radius 1 is 1.11 bits per heavy atom. The molecule has 0 unspecified atom stereocenters. The average molecular weight is 264 g/mol. The maximum absolute atomic E-state index is 12.0. The number of halogens is 2. The van der Waals surface area contributed by atoms with Gasteiger partial charge < -0.3 is 0 Å². The van der Waals surface area contributed by atoms with Gasteiger partial charge in [-0.2, -0.15) is 8.78 Å². The standard InChI is InChI=1S/C17H22F2/c1-2-13-3-8-15(9-4-13)16-10-5-14(6-11-16)7-12-17(18)19/h5-6,10-13,15H,2-4,7-9H2,1H3. The molecule has 2 heteroatoms. The predicted octanol–water partition coefficient (Wildman–Crippen LogP) is 5.69. The minimum Gasteiger partial charge on any atom is -0.174 e. The molecule has 0 saturated heterocycles. The number of hydrogen-bond acceptors (Lipinski definition) is 0. The molecule has 1 aliphatic carbocycles. The van der Waals surface area contributed by atoms with Gasteiger partial charge in [-0.15, -0.1) is 0 Å².